The highest BCUT2D eigenvalue weighted by atomic mass is 15.3. The number of rotatable bonds is 7. The fourth-order valence-electron chi connectivity index (χ4n) is 2.18. The topological polar surface area (TPSA) is 47.1 Å². The molecule has 1 aromatic heterocycles. The predicted molar refractivity (Wildman–Crippen MR) is 76.4 cm³/mol. The monoisotopic (exact) mass is 252 g/mol. The molecule has 0 atom stereocenters. The summed E-state index contributed by atoms with van der Waals surface area (Å²) in [6.07, 6.45) is 0. The maximum Gasteiger partial charge on any atom is 0.0597 e. The summed E-state index contributed by atoms with van der Waals surface area (Å²) in [4.78, 5) is 2.44. The second kappa shape index (κ2) is 6.34. The lowest BCUT2D eigenvalue weighted by molar-refractivity contribution is 0.179. The van der Waals surface area contributed by atoms with Crippen LogP contribution in [0.25, 0.3) is 0 Å². The van der Waals surface area contributed by atoms with E-state index in [0.29, 0.717) is 0 Å². The van der Waals surface area contributed by atoms with Crippen molar-refractivity contribution in [1.82, 2.24) is 14.7 Å². The minimum absolute atomic E-state index is 0.169. The quantitative estimate of drug-likeness (QED) is 0.807. The predicted octanol–water partition coefficient (Wildman–Crippen LogP) is 2.02. The van der Waals surface area contributed by atoms with Gasteiger partial charge in [0.15, 0.2) is 0 Å². The maximum absolute atomic E-state index is 5.82. The molecule has 1 heterocycles. The van der Waals surface area contributed by atoms with Crippen LogP contribution in [0.3, 0.4) is 0 Å². The van der Waals surface area contributed by atoms with Crippen LogP contribution in [0.2, 0.25) is 0 Å². The van der Waals surface area contributed by atoms with E-state index in [9.17, 15) is 0 Å². The Labute approximate surface area is 111 Å². The summed E-state index contributed by atoms with van der Waals surface area (Å²) in [7, 11) is 0. The standard InChI is InChI=1S/C14H28N4/c1-6-17(11-14(4,5)10-15)9-13-8-12(3)16-18(13)7-2/h8H,6-7,9-11,15H2,1-5H3. The van der Waals surface area contributed by atoms with Crippen molar-refractivity contribution >= 4 is 0 Å². The number of aryl methyl sites for hydroxylation is 2. The van der Waals surface area contributed by atoms with Crippen LogP contribution in [-0.2, 0) is 13.1 Å². The van der Waals surface area contributed by atoms with E-state index in [2.05, 4.69) is 55.4 Å². The van der Waals surface area contributed by atoms with Gasteiger partial charge in [0, 0.05) is 19.6 Å². The van der Waals surface area contributed by atoms with Crippen LogP contribution in [0.15, 0.2) is 6.07 Å². The molecular weight excluding hydrogens is 224 g/mol. The Balaban J connectivity index is 2.73. The number of nitrogens with two attached hydrogens (primary N) is 1. The molecule has 0 fully saturated rings. The molecule has 1 aromatic rings. The van der Waals surface area contributed by atoms with Crippen molar-refractivity contribution in [3.05, 3.63) is 17.5 Å². The molecule has 2 N–H and O–H groups in total. The van der Waals surface area contributed by atoms with Gasteiger partial charge in [0.25, 0.3) is 0 Å². The molecule has 0 bridgehead atoms. The normalized spacial score (nSPS) is 12.4. The van der Waals surface area contributed by atoms with Crippen molar-refractivity contribution in [2.24, 2.45) is 11.1 Å². The molecule has 104 valence electrons. The zero-order valence-corrected chi connectivity index (χ0v) is 12.5. The minimum Gasteiger partial charge on any atom is -0.330 e. The maximum atomic E-state index is 5.82. The fraction of sp³-hybridized carbons (Fsp3) is 0.786. The molecule has 4 heteroatoms. The largest absolute Gasteiger partial charge is 0.330 e. The first-order valence-electron chi connectivity index (χ1n) is 6.87. The molecule has 0 unspecified atom stereocenters. The van der Waals surface area contributed by atoms with Crippen molar-refractivity contribution in [3.8, 4) is 0 Å². The molecule has 0 aliphatic carbocycles. The summed E-state index contributed by atoms with van der Waals surface area (Å²) in [6, 6.07) is 2.18. The Bertz CT molecular complexity index is 368. The van der Waals surface area contributed by atoms with Crippen molar-refractivity contribution in [1.29, 1.82) is 0 Å². The van der Waals surface area contributed by atoms with Gasteiger partial charge in [0.05, 0.1) is 11.4 Å². The molecule has 0 aromatic carbocycles. The minimum atomic E-state index is 0.169. The van der Waals surface area contributed by atoms with E-state index < -0.39 is 0 Å². The SMILES string of the molecule is CCN(Cc1cc(C)nn1CC)CC(C)(C)CN. The van der Waals surface area contributed by atoms with Crippen LogP contribution in [0.1, 0.15) is 39.1 Å². The number of hydrogen-bond acceptors (Lipinski definition) is 3. The van der Waals surface area contributed by atoms with Crippen molar-refractivity contribution in [3.63, 3.8) is 0 Å². The van der Waals surface area contributed by atoms with Gasteiger partial charge in [-0.1, -0.05) is 20.8 Å². The van der Waals surface area contributed by atoms with E-state index in [0.717, 1.165) is 38.4 Å². The van der Waals surface area contributed by atoms with E-state index in [-0.39, 0.29) is 5.41 Å². The van der Waals surface area contributed by atoms with Crippen molar-refractivity contribution in [2.45, 2.75) is 47.7 Å². The highest BCUT2D eigenvalue weighted by Gasteiger charge is 2.20. The first-order valence-corrected chi connectivity index (χ1v) is 6.87. The van der Waals surface area contributed by atoms with Gasteiger partial charge in [-0.15, -0.1) is 0 Å². The third-order valence-electron chi connectivity index (χ3n) is 3.32. The number of nitrogens with zero attached hydrogens (tertiary/aromatic N) is 3. The summed E-state index contributed by atoms with van der Waals surface area (Å²) in [5.74, 6) is 0. The molecule has 4 nitrogen and oxygen atoms in total. The van der Waals surface area contributed by atoms with Crippen molar-refractivity contribution < 1.29 is 0 Å². The van der Waals surface area contributed by atoms with Crippen LogP contribution < -0.4 is 5.73 Å². The zero-order valence-electron chi connectivity index (χ0n) is 12.5. The van der Waals surface area contributed by atoms with Crippen LogP contribution in [0, 0.1) is 12.3 Å². The van der Waals surface area contributed by atoms with Gasteiger partial charge >= 0.3 is 0 Å². The lowest BCUT2D eigenvalue weighted by Gasteiger charge is -2.31. The van der Waals surface area contributed by atoms with Crippen LogP contribution in [-0.4, -0.2) is 34.3 Å². The van der Waals surface area contributed by atoms with Crippen molar-refractivity contribution in [2.75, 3.05) is 19.6 Å². The Morgan fingerprint density at radius 2 is 2.06 bits per heavy atom. The van der Waals surface area contributed by atoms with Gasteiger partial charge in [0.1, 0.15) is 0 Å². The highest BCUT2D eigenvalue weighted by molar-refractivity contribution is 5.09. The van der Waals surface area contributed by atoms with Gasteiger partial charge < -0.3 is 5.73 Å². The lowest BCUT2D eigenvalue weighted by atomic mass is 9.93. The summed E-state index contributed by atoms with van der Waals surface area (Å²) < 4.78 is 2.09. The van der Waals surface area contributed by atoms with Crippen LogP contribution in [0.5, 0.6) is 0 Å². The molecule has 0 aliphatic rings. The Kier molecular flexibility index (Phi) is 5.35. The van der Waals surface area contributed by atoms with E-state index in [1.807, 2.05) is 0 Å². The van der Waals surface area contributed by atoms with E-state index in [1.54, 1.807) is 0 Å². The average molecular weight is 252 g/mol. The van der Waals surface area contributed by atoms with Gasteiger partial charge in [-0.3, -0.25) is 9.58 Å². The fourth-order valence-corrected chi connectivity index (χ4v) is 2.18. The highest BCUT2D eigenvalue weighted by Crippen LogP contribution is 2.17. The summed E-state index contributed by atoms with van der Waals surface area (Å²) in [5.41, 5.74) is 8.38. The number of aromatic nitrogens is 2. The Hall–Kier alpha value is -0.870. The second-order valence-corrected chi connectivity index (χ2v) is 5.76. The first kappa shape index (κ1) is 15.2. The molecule has 0 saturated carbocycles. The Morgan fingerprint density at radius 3 is 2.56 bits per heavy atom. The molecule has 0 amide bonds. The summed E-state index contributed by atoms with van der Waals surface area (Å²) in [6.45, 7) is 15.5. The third-order valence-corrected chi connectivity index (χ3v) is 3.32. The molecule has 0 radical (unpaired) electrons. The van der Waals surface area contributed by atoms with Crippen LogP contribution >= 0.6 is 0 Å². The van der Waals surface area contributed by atoms with E-state index in [4.69, 9.17) is 5.73 Å². The van der Waals surface area contributed by atoms with Gasteiger partial charge in [-0.05, 0) is 38.4 Å². The van der Waals surface area contributed by atoms with E-state index >= 15 is 0 Å². The molecule has 0 saturated heterocycles. The number of hydrogen-bond donors (Lipinski definition) is 1. The molecule has 1 rings (SSSR count). The summed E-state index contributed by atoms with van der Waals surface area (Å²) in [5, 5.41) is 4.50. The second-order valence-electron chi connectivity index (χ2n) is 5.76. The molecule has 0 spiro atoms. The van der Waals surface area contributed by atoms with Gasteiger partial charge in [0.2, 0.25) is 0 Å². The van der Waals surface area contributed by atoms with E-state index in [1.165, 1.54) is 5.69 Å². The molecular formula is C14H28N4. The van der Waals surface area contributed by atoms with Gasteiger partial charge in [-0.25, -0.2) is 0 Å². The van der Waals surface area contributed by atoms with Gasteiger partial charge in [-0.2, -0.15) is 5.10 Å². The molecule has 0 aliphatic heterocycles. The average Bonchev–Trinajstić information content (AvgIpc) is 2.68. The van der Waals surface area contributed by atoms with Crippen LogP contribution in [0.4, 0.5) is 0 Å². The zero-order chi connectivity index (χ0) is 13.8. The summed E-state index contributed by atoms with van der Waals surface area (Å²) >= 11 is 0. The molecule has 18 heavy (non-hydrogen) atoms. The third kappa shape index (κ3) is 4.10. The smallest absolute Gasteiger partial charge is 0.0597 e. The lowest BCUT2D eigenvalue weighted by Crippen LogP contribution is -2.38. The Morgan fingerprint density at radius 1 is 1.39 bits per heavy atom. The first-order chi connectivity index (χ1) is 8.41.